The van der Waals surface area contributed by atoms with Crippen LogP contribution in [-0.2, 0) is 5.75 Å². The molecule has 1 aromatic heterocycles. The highest BCUT2D eigenvalue weighted by Gasteiger charge is 2.23. The molecule has 0 radical (unpaired) electrons. The lowest BCUT2D eigenvalue weighted by Gasteiger charge is -2.16. The van der Waals surface area contributed by atoms with Gasteiger partial charge in [0, 0.05) is 17.9 Å². The van der Waals surface area contributed by atoms with Crippen molar-refractivity contribution in [2.75, 3.05) is 25.3 Å². The number of fused-ring (bicyclic) bond motifs is 1. The molecule has 0 fully saturated rings. The zero-order valence-electron chi connectivity index (χ0n) is 16.5. The van der Waals surface area contributed by atoms with Gasteiger partial charge < -0.3 is 19.9 Å². The minimum atomic E-state index is -0.113. The number of thioether (sulfide) groups is 1. The number of hydrogen-bond donors (Lipinski definition) is 2. The Morgan fingerprint density at radius 2 is 1.81 bits per heavy atom. The molecule has 1 aliphatic heterocycles. The SMILES string of the molecule is N#Cc1c(NCCO)nc(SCc2ccccc2)c(C#N)c1-c1ccc2c(c1)OCO2. The fraction of sp³-hybridized carbons (Fsp3) is 0.174. The molecular formula is C23H18N4O3S. The molecule has 0 bridgehead atoms. The van der Waals surface area contributed by atoms with Crippen LogP contribution in [0.1, 0.15) is 16.7 Å². The summed E-state index contributed by atoms with van der Waals surface area (Å²) in [5.74, 6) is 2.13. The molecule has 0 unspecified atom stereocenters. The molecule has 0 saturated carbocycles. The van der Waals surface area contributed by atoms with Crippen LogP contribution in [0, 0.1) is 22.7 Å². The van der Waals surface area contributed by atoms with E-state index in [4.69, 9.17) is 9.47 Å². The quantitative estimate of drug-likeness (QED) is 0.543. The summed E-state index contributed by atoms with van der Waals surface area (Å²) < 4.78 is 10.9. The van der Waals surface area contributed by atoms with Gasteiger partial charge in [-0.1, -0.05) is 36.4 Å². The van der Waals surface area contributed by atoms with Crippen molar-refractivity contribution >= 4 is 17.6 Å². The molecule has 0 saturated heterocycles. The number of ether oxygens (including phenoxy) is 2. The number of nitrogens with one attached hydrogen (secondary N) is 1. The van der Waals surface area contributed by atoms with Crippen LogP contribution >= 0.6 is 11.8 Å². The predicted octanol–water partition coefficient (Wildman–Crippen LogP) is 3.92. The van der Waals surface area contributed by atoms with E-state index in [1.807, 2.05) is 30.3 Å². The lowest BCUT2D eigenvalue weighted by atomic mass is 9.96. The smallest absolute Gasteiger partial charge is 0.231 e. The summed E-state index contributed by atoms with van der Waals surface area (Å²) in [6.45, 7) is 0.252. The number of pyridine rings is 1. The average molecular weight is 430 g/mol. The summed E-state index contributed by atoms with van der Waals surface area (Å²) in [5, 5.41) is 32.7. The van der Waals surface area contributed by atoms with Gasteiger partial charge in [-0.25, -0.2) is 4.98 Å². The van der Waals surface area contributed by atoms with Crippen LogP contribution < -0.4 is 14.8 Å². The molecular weight excluding hydrogens is 412 g/mol. The van der Waals surface area contributed by atoms with E-state index in [0.29, 0.717) is 44.8 Å². The van der Waals surface area contributed by atoms with Gasteiger partial charge in [0.25, 0.3) is 0 Å². The number of rotatable bonds is 7. The minimum absolute atomic E-state index is 0.113. The second kappa shape index (κ2) is 9.40. The van der Waals surface area contributed by atoms with Gasteiger partial charge in [-0.15, -0.1) is 11.8 Å². The first-order valence-electron chi connectivity index (χ1n) is 9.54. The van der Waals surface area contributed by atoms with Gasteiger partial charge in [-0.05, 0) is 23.3 Å². The second-order valence-electron chi connectivity index (χ2n) is 6.61. The first-order chi connectivity index (χ1) is 15.2. The Balaban J connectivity index is 1.84. The number of nitrogens with zero attached hydrogens (tertiary/aromatic N) is 3. The van der Waals surface area contributed by atoms with Gasteiger partial charge >= 0.3 is 0 Å². The topological polar surface area (TPSA) is 111 Å². The molecule has 2 heterocycles. The Morgan fingerprint density at radius 3 is 2.55 bits per heavy atom. The normalized spacial score (nSPS) is 11.6. The van der Waals surface area contributed by atoms with Gasteiger partial charge in [0.05, 0.1) is 12.2 Å². The van der Waals surface area contributed by atoms with E-state index in [1.165, 1.54) is 11.8 Å². The molecule has 31 heavy (non-hydrogen) atoms. The molecule has 0 amide bonds. The Hall–Kier alpha value is -3.72. The van der Waals surface area contributed by atoms with Gasteiger partial charge in [0.15, 0.2) is 11.5 Å². The fourth-order valence-corrected chi connectivity index (χ4v) is 4.19. The minimum Gasteiger partial charge on any atom is -0.454 e. The number of nitriles is 2. The van der Waals surface area contributed by atoms with E-state index in [2.05, 4.69) is 22.4 Å². The third-order valence-corrected chi connectivity index (χ3v) is 5.72. The van der Waals surface area contributed by atoms with Gasteiger partial charge in [-0.3, -0.25) is 0 Å². The van der Waals surface area contributed by atoms with Crippen LogP contribution in [0.25, 0.3) is 11.1 Å². The molecule has 0 aliphatic carbocycles. The highest BCUT2D eigenvalue weighted by molar-refractivity contribution is 7.98. The van der Waals surface area contributed by atoms with E-state index in [9.17, 15) is 15.6 Å². The van der Waals surface area contributed by atoms with Crippen LogP contribution in [0.4, 0.5) is 5.82 Å². The van der Waals surface area contributed by atoms with Gasteiger partial charge in [0.2, 0.25) is 6.79 Å². The van der Waals surface area contributed by atoms with Crippen LogP contribution in [0.3, 0.4) is 0 Å². The van der Waals surface area contributed by atoms with Gasteiger partial charge in [-0.2, -0.15) is 10.5 Å². The summed E-state index contributed by atoms with van der Waals surface area (Å²) in [5.41, 5.74) is 2.80. The molecule has 2 aromatic carbocycles. The van der Waals surface area contributed by atoms with Crippen molar-refractivity contribution in [3.05, 3.63) is 65.2 Å². The maximum absolute atomic E-state index is 10.0. The lowest BCUT2D eigenvalue weighted by Crippen LogP contribution is -2.11. The molecule has 8 heteroatoms. The van der Waals surface area contributed by atoms with E-state index in [-0.39, 0.29) is 25.5 Å². The van der Waals surface area contributed by atoms with Crippen LogP contribution in [0.2, 0.25) is 0 Å². The first kappa shape index (κ1) is 20.5. The number of aromatic nitrogens is 1. The highest BCUT2D eigenvalue weighted by atomic mass is 32.2. The molecule has 154 valence electrons. The molecule has 3 aromatic rings. The van der Waals surface area contributed by atoms with E-state index >= 15 is 0 Å². The summed E-state index contributed by atoms with van der Waals surface area (Å²) in [6, 6.07) is 19.6. The van der Waals surface area contributed by atoms with E-state index < -0.39 is 0 Å². The van der Waals surface area contributed by atoms with Crippen LogP contribution in [0.15, 0.2) is 53.6 Å². The zero-order chi connectivity index (χ0) is 21.6. The largest absolute Gasteiger partial charge is 0.454 e. The highest BCUT2D eigenvalue weighted by Crippen LogP contribution is 2.41. The van der Waals surface area contributed by atoms with Crippen molar-refractivity contribution in [3.8, 4) is 34.8 Å². The number of aliphatic hydroxyl groups is 1. The third-order valence-electron chi connectivity index (χ3n) is 4.67. The number of hydrogen-bond acceptors (Lipinski definition) is 8. The van der Waals surface area contributed by atoms with E-state index in [0.717, 1.165) is 5.56 Å². The summed E-state index contributed by atoms with van der Waals surface area (Å²) in [4.78, 5) is 4.57. The Morgan fingerprint density at radius 1 is 1.03 bits per heavy atom. The molecule has 1 aliphatic rings. The third kappa shape index (κ3) is 4.26. The zero-order valence-corrected chi connectivity index (χ0v) is 17.3. The molecule has 2 N–H and O–H groups in total. The van der Waals surface area contributed by atoms with Crippen molar-refractivity contribution in [1.29, 1.82) is 10.5 Å². The molecule has 0 spiro atoms. The van der Waals surface area contributed by atoms with Crippen LogP contribution in [0.5, 0.6) is 11.5 Å². The van der Waals surface area contributed by atoms with Crippen molar-refractivity contribution in [2.45, 2.75) is 10.8 Å². The average Bonchev–Trinajstić information content (AvgIpc) is 3.29. The maximum Gasteiger partial charge on any atom is 0.231 e. The van der Waals surface area contributed by atoms with E-state index in [1.54, 1.807) is 18.2 Å². The van der Waals surface area contributed by atoms with Gasteiger partial charge in [0.1, 0.15) is 28.5 Å². The number of aliphatic hydroxyl groups excluding tert-OH is 1. The number of benzene rings is 2. The Labute approximate surface area is 183 Å². The second-order valence-corrected chi connectivity index (χ2v) is 7.57. The summed E-state index contributed by atoms with van der Waals surface area (Å²) >= 11 is 1.42. The standard InChI is InChI=1S/C23H18N4O3S/c24-11-17-21(16-6-7-19-20(10-16)30-14-29-19)18(12-25)23(27-22(17)26-8-9-28)31-13-15-4-2-1-3-5-15/h1-7,10,28H,8-9,13-14H2,(H,26,27). The van der Waals surface area contributed by atoms with Crippen molar-refractivity contribution in [3.63, 3.8) is 0 Å². The Bertz CT molecular complexity index is 1190. The summed E-state index contributed by atoms with van der Waals surface area (Å²) in [7, 11) is 0. The molecule has 0 atom stereocenters. The summed E-state index contributed by atoms with van der Waals surface area (Å²) in [6.07, 6.45) is 0. The van der Waals surface area contributed by atoms with Crippen molar-refractivity contribution < 1.29 is 14.6 Å². The maximum atomic E-state index is 10.0. The van der Waals surface area contributed by atoms with Crippen LogP contribution in [-0.4, -0.2) is 30.0 Å². The Kier molecular flexibility index (Phi) is 6.23. The molecule has 7 nitrogen and oxygen atoms in total. The molecule has 4 rings (SSSR count). The monoisotopic (exact) mass is 430 g/mol. The van der Waals surface area contributed by atoms with Crippen molar-refractivity contribution in [2.24, 2.45) is 0 Å². The first-order valence-corrected chi connectivity index (χ1v) is 10.5. The van der Waals surface area contributed by atoms with Crippen molar-refractivity contribution in [1.82, 2.24) is 4.98 Å². The lowest BCUT2D eigenvalue weighted by molar-refractivity contribution is 0.174. The fourth-order valence-electron chi connectivity index (χ4n) is 3.25. The predicted molar refractivity (Wildman–Crippen MR) is 117 cm³/mol. The number of anilines is 1.